The highest BCUT2D eigenvalue weighted by atomic mass is 35.5. The normalized spacial score (nSPS) is 10.0. The van der Waals surface area contributed by atoms with Crippen molar-refractivity contribution in [2.45, 2.75) is 6.54 Å². The van der Waals surface area contributed by atoms with Gasteiger partial charge in [0.1, 0.15) is 6.54 Å². The number of aromatic amines is 1. The van der Waals surface area contributed by atoms with Crippen LogP contribution in [0.5, 0.6) is 0 Å². The fourth-order valence-electron chi connectivity index (χ4n) is 1.47. The van der Waals surface area contributed by atoms with Crippen molar-refractivity contribution in [3.8, 4) is 0 Å². The van der Waals surface area contributed by atoms with Gasteiger partial charge >= 0.3 is 0 Å². The summed E-state index contributed by atoms with van der Waals surface area (Å²) in [6.07, 6.45) is 1.86. The Hall–Kier alpha value is -1.36. The van der Waals surface area contributed by atoms with Crippen molar-refractivity contribution in [2.24, 2.45) is 0 Å². The Balaban J connectivity index is 1.91. The summed E-state index contributed by atoms with van der Waals surface area (Å²) in [6.45, 7) is 0.609. The van der Waals surface area contributed by atoms with Crippen LogP contribution < -0.4 is 15.6 Å². The molecule has 0 amide bonds. The highest BCUT2D eigenvalue weighted by Gasteiger charge is 2.05. The first-order chi connectivity index (χ1) is 9.15. The Morgan fingerprint density at radius 3 is 2.74 bits per heavy atom. The molecule has 0 atom stereocenters. The van der Waals surface area contributed by atoms with Crippen LogP contribution in [0.15, 0.2) is 42.6 Å². The van der Waals surface area contributed by atoms with E-state index in [4.69, 9.17) is 35.4 Å². The van der Waals surface area contributed by atoms with Gasteiger partial charge < -0.3 is 10.6 Å². The van der Waals surface area contributed by atoms with Crippen molar-refractivity contribution in [1.29, 1.82) is 0 Å². The highest BCUT2D eigenvalue weighted by Crippen LogP contribution is 2.25. The number of hydrogen-bond acceptors (Lipinski definition) is 1. The average molecular weight is 313 g/mol. The highest BCUT2D eigenvalue weighted by molar-refractivity contribution is 7.80. The zero-order chi connectivity index (χ0) is 13.7. The minimum atomic E-state index is 0.501. The van der Waals surface area contributed by atoms with Gasteiger partial charge in [-0.3, -0.25) is 0 Å². The van der Waals surface area contributed by atoms with Gasteiger partial charge in [0.2, 0.25) is 0 Å². The fraction of sp³-hybridized carbons (Fsp3) is 0.0769. The third-order valence-corrected chi connectivity index (χ3v) is 3.19. The Bertz CT molecular complexity index is 575. The van der Waals surface area contributed by atoms with E-state index in [0.717, 1.165) is 11.4 Å². The molecule has 2 rings (SSSR count). The molecule has 2 aromatic rings. The van der Waals surface area contributed by atoms with E-state index >= 15 is 0 Å². The van der Waals surface area contributed by atoms with Crippen LogP contribution in [-0.4, -0.2) is 5.11 Å². The van der Waals surface area contributed by atoms with E-state index in [1.807, 2.05) is 24.4 Å². The van der Waals surface area contributed by atoms with Gasteiger partial charge in [0.25, 0.3) is 0 Å². The quantitative estimate of drug-likeness (QED) is 0.854. The average Bonchev–Trinajstić information content (AvgIpc) is 2.41. The maximum Gasteiger partial charge on any atom is 0.198 e. The Labute approximate surface area is 127 Å². The van der Waals surface area contributed by atoms with E-state index in [9.17, 15) is 0 Å². The van der Waals surface area contributed by atoms with Gasteiger partial charge in [-0.2, -0.15) is 0 Å². The van der Waals surface area contributed by atoms with Crippen LogP contribution >= 0.6 is 35.4 Å². The van der Waals surface area contributed by atoms with Crippen LogP contribution in [0.2, 0.25) is 10.0 Å². The first-order valence-electron chi connectivity index (χ1n) is 5.60. The fourth-order valence-corrected chi connectivity index (χ4v) is 2.11. The maximum absolute atomic E-state index is 6.05. The molecule has 6 heteroatoms. The monoisotopic (exact) mass is 312 g/mol. The minimum absolute atomic E-state index is 0.501. The molecule has 0 fully saturated rings. The summed E-state index contributed by atoms with van der Waals surface area (Å²) >= 11 is 17.1. The minimum Gasteiger partial charge on any atom is -0.352 e. The number of nitrogens with one attached hydrogen (secondary N) is 3. The predicted octanol–water partition coefficient (Wildman–Crippen LogP) is 3.29. The van der Waals surface area contributed by atoms with Crippen molar-refractivity contribution in [2.75, 3.05) is 5.32 Å². The number of halogens is 2. The molecule has 0 unspecified atom stereocenters. The summed E-state index contributed by atoms with van der Waals surface area (Å²) in [5, 5.41) is 7.73. The van der Waals surface area contributed by atoms with Gasteiger partial charge in [-0.05, 0) is 30.4 Å². The zero-order valence-electron chi connectivity index (χ0n) is 9.91. The Morgan fingerprint density at radius 2 is 2.05 bits per heavy atom. The first kappa shape index (κ1) is 14.1. The third kappa shape index (κ3) is 4.35. The van der Waals surface area contributed by atoms with Crippen molar-refractivity contribution in [3.05, 3.63) is 58.3 Å². The number of hydrogen-bond donors (Lipinski definition) is 2. The summed E-state index contributed by atoms with van der Waals surface area (Å²) in [7, 11) is 0. The predicted molar refractivity (Wildman–Crippen MR) is 82.5 cm³/mol. The molecule has 0 bridgehead atoms. The number of pyridine rings is 1. The third-order valence-electron chi connectivity index (χ3n) is 2.39. The summed E-state index contributed by atoms with van der Waals surface area (Å²) in [4.78, 5) is 3.11. The summed E-state index contributed by atoms with van der Waals surface area (Å²) in [6, 6.07) is 11.1. The number of thiocarbonyl (C=S) groups is 1. The smallest absolute Gasteiger partial charge is 0.198 e. The van der Waals surface area contributed by atoms with Crippen LogP contribution in [0, 0.1) is 0 Å². The van der Waals surface area contributed by atoms with Crippen LogP contribution in [0.3, 0.4) is 0 Å². The largest absolute Gasteiger partial charge is 0.352 e. The zero-order valence-corrected chi connectivity index (χ0v) is 12.2. The van der Waals surface area contributed by atoms with Crippen molar-refractivity contribution < 1.29 is 4.98 Å². The standard InChI is InChI=1S/C13H11Cl2N3S/c14-9-4-5-12(11(15)7-9)18-13(19)17-8-10-3-1-2-6-16-10/h1-7H,8H2,(H2,17,18,19)/p+1. The van der Waals surface area contributed by atoms with Crippen molar-refractivity contribution in [3.63, 3.8) is 0 Å². The molecule has 0 radical (unpaired) electrons. The van der Waals surface area contributed by atoms with E-state index in [1.165, 1.54) is 0 Å². The van der Waals surface area contributed by atoms with Gasteiger partial charge in [0, 0.05) is 17.2 Å². The van der Waals surface area contributed by atoms with Crippen molar-refractivity contribution >= 4 is 46.2 Å². The molecule has 0 aliphatic carbocycles. The summed E-state index contributed by atoms with van der Waals surface area (Å²) in [5.74, 6) is 0. The molecule has 0 aliphatic heterocycles. The number of aromatic nitrogens is 1. The first-order valence-corrected chi connectivity index (χ1v) is 6.77. The molecule has 1 aromatic carbocycles. The lowest BCUT2D eigenvalue weighted by Gasteiger charge is -2.10. The lowest BCUT2D eigenvalue weighted by atomic mass is 10.3. The van der Waals surface area contributed by atoms with E-state index < -0.39 is 0 Å². The molecule has 98 valence electrons. The molecule has 0 aliphatic rings. The van der Waals surface area contributed by atoms with Gasteiger partial charge in [-0.25, -0.2) is 4.98 Å². The van der Waals surface area contributed by atoms with Gasteiger partial charge in [-0.1, -0.05) is 29.3 Å². The van der Waals surface area contributed by atoms with Gasteiger partial charge in [0.15, 0.2) is 17.0 Å². The molecule has 1 heterocycles. The summed E-state index contributed by atoms with van der Waals surface area (Å²) in [5.41, 5.74) is 1.76. The van der Waals surface area contributed by atoms with E-state index in [0.29, 0.717) is 21.7 Å². The Kier molecular flexibility index (Phi) is 4.96. The second-order valence-corrected chi connectivity index (χ2v) is 5.07. The van der Waals surface area contributed by atoms with E-state index in [-0.39, 0.29) is 0 Å². The topological polar surface area (TPSA) is 38.2 Å². The lowest BCUT2D eigenvalue weighted by Crippen LogP contribution is -2.30. The van der Waals surface area contributed by atoms with Crippen LogP contribution in [0.4, 0.5) is 5.69 Å². The van der Waals surface area contributed by atoms with E-state index in [2.05, 4.69) is 15.6 Å². The second-order valence-electron chi connectivity index (χ2n) is 3.82. The van der Waals surface area contributed by atoms with Gasteiger partial charge in [0.05, 0.1) is 10.7 Å². The molecular formula is C13H12Cl2N3S+. The van der Waals surface area contributed by atoms with Gasteiger partial charge in [-0.15, -0.1) is 0 Å². The van der Waals surface area contributed by atoms with Crippen molar-refractivity contribution in [1.82, 2.24) is 5.32 Å². The molecule has 3 N–H and O–H groups in total. The molecule has 0 spiro atoms. The number of H-pyrrole nitrogens is 1. The maximum atomic E-state index is 6.05. The molecule has 0 saturated carbocycles. The van der Waals surface area contributed by atoms with Crippen LogP contribution in [-0.2, 0) is 6.54 Å². The summed E-state index contributed by atoms with van der Waals surface area (Å²) < 4.78 is 0. The molecule has 3 nitrogen and oxygen atoms in total. The van der Waals surface area contributed by atoms with E-state index in [1.54, 1.807) is 18.2 Å². The lowest BCUT2D eigenvalue weighted by molar-refractivity contribution is -0.390. The van der Waals surface area contributed by atoms with Crippen LogP contribution in [0.25, 0.3) is 0 Å². The number of rotatable bonds is 3. The molecule has 1 aromatic heterocycles. The second kappa shape index (κ2) is 6.70. The molecule has 19 heavy (non-hydrogen) atoms. The number of benzene rings is 1. The van der Waals surface area contributed by atoms with Crippen LogP contribution in [0.1, 0.15) is 5.69 Å². The number of anilines is 1. The molecular weight excluding hydrogens is 301 g/mol. The Morgan fingerprint density at radius 1 is 1.21 bits per heavy atom. The molecule has 0 saturated heterocycles. The SMILES string of the molecule is S=C(NCc1cccc[nH+]1)Nc1ccc(Cl)cc1Cl.